The Kier molecular flexibility index (Phi) is 6.20. The molecule has 2 atom stereocenters. The van der Waals surface area contributed by atoms with Gasteiger partial charge in [-0.15, -0.1) is 0 Å². The van der Waals surface area contributed by atoms with Crippen LogP contribution in [0, 0.1) is 17.1 Å². The Balaban J connectivity index is 1.65. The molecular formula is C24H24BrClFN7O. The van der Waals surface area contributed by atoms with Crippen molar-refractivity contribution in [3.05, 3.63) is 40.4 Å². The van der Waals surface area contributed by atoms with Gasteiger partial charge < -0.3 is 19.3 Å². The standard InChI is InChI=1S/C24H24BrClFN7O/c1-4-18(35)33-6-5-13(7-14(33)9-28)34-12-29-22-23(34)16-8-17(26)19(25)20(27)21(16)30-24(22)32-10-15(11-32)31(2)3/h4,8,12-15H,1,5-7,10-11H2,2-3H3/t13-,14-/m0/s1. The van der Waals surface area contributed by atoms with Gasteiger partial charge in [-0.2, -0.15) is 5.26 Å². The van der Waals surface area contributed by atoms with E-state index in [0.29, 0.717) is 42.1 Å². The van der Waals surface area contributed by atoms with Crippen molar-refractivity contribution in [1.29, 1.82) is 5.26 Å². The maximum absolute atomic E-state index is 15.4. The SMILES string of the molecule is C=CC(=O)N1CC[C@H](n2cnc3c(N4CC(N(C)C)C4)nc4c(F)c(Br)c(Cl)cc4c32)C[C@H]1C#N. The molecule has 0 spiro atoms. The van der Waals surface area contributed by atoms with Gasteiger partial charge in [-0.05, 0) is 48.6 Å². The molecule has 11 heteroatoms. The highest BCUT2D eigenvalue weighted by Crippen LogP contribution is 2.41. The molecule has 2 aromatic heterocycles. The van der Waals surface area contributed by atoms with Crippen molar-refractivity contribution < 1.29 is 9.18 Å². The molecule has 182 valence electrons. The van der Waals surface area contributed by atoms with Gasteiger partial charge in [-0.25, -0.2) is 14.4 Å². The molecule has 0 unspecified atom stereocenters. The van der Waals surface area contributed by atoms with Crippen molar-refractivity contribution in [1.82, 2.24) is 24.3 Å². The lowest BCUT2D eigenvalue weighted by atomic mass is 9.97. The number of carbonyl (C=O) groups excluding carboxylic acids is 1. The van der Waals surface area contributed by atoms with E-state index in [-0.39, 0.29) is 27.0 Å². The summed E-state index contributed by atoms with van der Waals surface area (Å²) in [7, 11) is 4.07. The Hall–Kier alpha value is -2.74. The minimum Gasteiger partial charge on any atom is -0.351 e. The van der Waals surface area contributed by atoms with Crippen molar-refractivity contribution in [2.75, 3.05) is 38.6 Å². The molecule has 0 N–H and O–H groups in total. The molecule has 2 aliphatic heterocycles. The number of pyridine rings is 1. The first-order chi connectivity index (χ1) is 16.7. The minimum atomic E-state index is -0.588. The van der Waals surface area contributed by atoms with E-state index in [0.717, 1.165) is 18.6 Å². The monoisotopic (exact) mass is 559 g/mol. The van der Waals surface area contributed by atoms with Crippen LogP contribution in [0.4, 0.5) is 10.2 Å². The summed E-state index contributed by atoms with van der Waals surface area (Å²) >= 11 is 9.60. The number of amides is 1. The van der Waals surface area contributed by atoms with Crippen LogP contribution in [-0.2, 0) is 4.79 Å². The van der Waals surface area contributed by atoms with E-state index in [1.54, 1.807) is 17.3 Å². The van der Waals surface area contributed by atoms with E-state index in [9.17, 15) is 10.1 Å². The number of imidazole rings is 1. The summed E-state index contributed by atoms with van der Waals surface area (Å²) < 4.78 is 17.6. The zero-order chi connectivity index (χ0) is 25.0. The van der Waals surface area contributed by atoms with Gasteiger partial charge in [0.1, 0.15) is 17.1 Å². The fourth-order valence-electron chi connectivity index (χ4n) is 4.98. The topological polar surface area (TPSA) is 81.3 Å². The lowest BCUT2D eigenvalue weighted by Crippen LogP contribution is -2.57. The maximum atomic E-state index is 15.4. The number of carbonyl (C=O) groups is 1. The number of aromatic nitrogens is 3. The van der Waals surface area contributed by atoms with Crippen molar-refractivity contribution in [2.24, 2.45) is 0 Å². The Morgan fingerprint density at radius 3 is 2.80 bits per heavy atom. The van der Waals surface area contributed by atoms with E-state index < -0.39 is 11.9 Å². The fraction of sp³-hybridized carbons (Fsp3) is 0.417. The van der Waals surface area contributed by atoms with Crippen LogP contribution in [0.3, 0.4) is 0 Å². The number of likely N-dealkylation sites (tertiary alicyclic amines) is 1. The summed E-state index contributed by atoms with van der Waals surface area (Å²) in [5.41, 5.74) is 1.62. The number of hydrogen-bond donors (Lipinski definition) is 0. The number of nitrogens with zero attached hydrogens (tertiary/aromatic N) is 7. The number of halogens is 3. The normalized spacial score (nSPS) is 20.9. The minimum absolute atomic E-state index is 0.103. The number of anilines is 1. The highest BCUT2D eigenvalue weighted by molar-refractivity contribution is 9.10. The van der Waals surface area contributed by atoms with Crippen LogP contribution in [0.25, 0.3) is 21.9 Å². The number of fused-ring (bicyclic) bond motifs is 3. The molecular weight excluding hydrogens is 537 g/mol. The molecule has 0 saturated carbocycles. The van der Waals surface area contributed by atoms with Gasteiger partial charge in [-0.1, -0.05) is 18.2 Å². The second kappa shape index (κ2) is 9.04. The van der Waals surface area contributed by atoms with Gasteiger partial charge in [0.25, 0.3) is 0 Å². The molecule has 0 radical (unpaired) electrons. The van der Waals surface area contributed by atoms with Crippen LogP contribution in [0.15, 0.2) is 29.5 Å². The van der Waals surface area contributed by atoms with E-state index in [1.165, 1.54) is 6.08 Å². The van der Waals surface area contributed by atoms with E-state index >= 15 is 4.39 Å². The Morgan fingerprint density at radius 1 is 1.40 bits per heavy atom. The van der Waals surface area contributed by atoms with Crippen LogP contribution in [0.2, 0.25) is 5.02 Å². The average Bonchev–Trinajstić information content (AvgIpc) is 3.26. The molecule has 2 aliphatic rings. The van der Waals surface area contributed by atoms with E-state index in [4.69, 9.17) is 21.6 Å². The van der Waals surface area contributed by atoms with Crippen LogP contribution < -0.4 is 4.90 Å². The molecule has 1 amide bonds. The number of hydrogen-bond acceptors (Lipinski definition) is 6. The van der Waals surface area contributed by atoms with Gasteiger partial charge >= 0.3 is 0 Å². The zero-order valence-electron chi connectivity index (χ0n) is 19.4. The Bertz CT molecular complexity index is 1390. The van der Waals surface area contributed by atoms with E-state index in [1.807, 2.05) is 18.7 Å². The van der Waals surface area contributed by atoms with Gasteiger partial charge in [0, 0.05) is 43.5 Å². The molecule has 0 aliphatic carbocycles. The van der Waals surface area contributed by atoms with Crippen LogP contribution >= 0.6 is 27.5 Å². The molecule has 3 aromatic rings. The highest BCUT2D eigenvalue weighted by Gasteiger charge is 2.35. The average molecular weight is 561 g/mol. The second-order valence-corrected chi connectivity index (χ2v) is 10.4. The number of rotatable bonds is 4. The van der Waals surface area contributed by atoms with Crippen LogP contribution in [0.1, 0.15) is 18.9 Å². The summed E-state index contributed by atoms with van der Waals surface area (Å²) in [4.78, 5) is 27.4. The summed E-state index contributed by atoms with van der Waals surface area (Å²) in [6, 6.07) is 3.65. The molecule has 0 bridgehead atoms. The third-order valence-electron chi connectivity index (χ3n) is 7.08. The first-order valence-electron chi connectivity index (χ1n) is 11.3. The molecule has 4 heterocycles. The first-order valence-corrected chi connectivity index (χ1v) is 12.5. The van der Waals surface area contributed by atoms with Crippen LogP contribution in [-0.4, -0.2) is 76.1 Å². The van der Waals surface area contributed by atoms with Gasteiger partial charge in [0.15, 0.2) is 11.6 Å². The molecule has 35 heavy (non-hydrogen) atoms. The third-order valence-corrected chi connectivity index (χ3v) is 8.38. The van der Waals surface area contributed by atoms with E-state index in [2.05, 4.69) is 38.4 Å². The smallest absolute Gasteiger partial charge is 0.247 e. The summed E-state index contributed by atoms with van der Waals surface area (Å²) in [6.07, 6.45) is 4.03. The second-order valence-electron chi connectivity index (χ2n) is 9.25. The van der Waals surface area contributed by atoms with Gasteiger partial charge in [0.05, 0.1) is 27.4 Å². The molecule has 5 rings (SSSR count). The number of piperidine rings is 1. The fourth-order valence-corrected chi connectivity index (χ4v) is 5.47. The predicted octanol–water partition coefficient (Wildman–Crippen LogP) is 4.13. The summed E-state index contributed by atoms with van der Waals surface area (Å²) in [5, 5.41) is 10.6. The lowest BCUT2D eigenvalue weighted by Gasteiger charge is -2.43. The quantitative estimate of drug-likeness (QED) is 0.353. The highest BCUT2D eigenvalue weighted by atomic mass is 79.9. The summed E-state index contributed by atoms with van der Waals surface area (Å²) in [6.45, 7) is 5.50. The molecule has 2 saturated heterocycles. The maximum Gasteiger partial charge on any atom is 0.247 e. The third kappa shape index (κ3) is 3.86. The van der Waals surface area contributed by atoms with Crippen molar-refractivity contribution in [3.63, 3.8) is 0 Å². The van der Waals surface area contributed by atoms with Gasteiger partial charge in [-0.3, -0.25) is 4.79 Å². The largest absolute Gasteiger partial charge is 0.351 e. The zero-order valence-corrected chi connectivity index (χ0v) is 21.7. The van der Waals surface area contributed by atoms with Crippen molar-refractivity contribution in [2.45, 2.75) is 31.0 Å². The number of nitriles is 1. The summed E-state index contributed by atoms with van der Waals surface area (Å²) in [5.74, 6) is -0.141. The number of benzene rings is 1. The molecule has 8 nitrogen and oxygen atoms in total. The lowest BCUT2D eigenvalue weighted by molar-refractivity contribution is -0.128. The van der Waals surface area contributed by atoms with Crippen molar-refractivity contribution >= 4 is 61.2 Å². The number of likely N-dealkylation sites (N-methyl/N-ethyl adjacent to an activating group) is 1. The first kappa shape index (κ1) is 24.0. The predicted molar refractivity (Wildman–Crippen MR) is 137 cm³/mol. The van der Waals surface area contributed by atoms with Crippen molar-refractivity contribution in [3.8, 4) is 6.07 Å². The van der Waals surface area contributed by atoms with Gasteiger partial charge in [0.2, 0.25) is 5.91 Å². The Morgan fingerprint density at radius 2 is 2.14 bits per heavy atom. The molecule has 1 aromatic carbocycles. The Labute approximate surface area is 215 Å². The van der Waals surface area contributed by atoms with Crippen LogP contribution in [0.5, 0.6) is 0 Å². The molecule has 2 fully saturated rings.